The Morgan fingerprint density at radius 2 is 2.05 bits per heavy atom. The van der Waals surface area contributed by atoms with Crippen LogP contribution >= 0.6 is 0 Å². The van der Waals surface area contributed by atoms with Gasteiger partial charge < -0.3 is 15.6 Å². The van der Waals surface area contributed by atoms with E-state index < -0.39 is 6.04 Å². The number of nitrogens with zero attached hydrogens (tertiary/aromatic N) is 1. The summed E-state index contributed by atoms with van der Waals surface area (Å²) in [6.45, 7) is 1.72. The normalized spacial score (nSPS) is 17.9. The van der Waals surface area contributed by atoms with Crippen LogP contribution in [0, 0.1) is 0 Å². The maximum Gasteiger partial charge on any atom is 0.239 e. The topological polar surface area (TPSA) is 75.8 Å². The minimum Gasteiger partial charge on any atom is -0.504 e. The third-order valence-corrected chi connectivity index (χ3v) is 3.54. The minimum absolute atomic E-state index is 0.0308. The highest BCUT2D eigenvalue weighted by atomic mass is 16.5. The number of methoxy groups -OCH3 is 1. The van der Waals surface area contributed by atoms with Crippen molar-refractivity contribution in [1.82, 2.24) is 4.90 Å². The molecule has 1 unspecified atom stereocenters. The second kappa shape index (κ2) is 5.93. The molecule has 2 rings (SSSR count). The number of phenolic OH excluding ortho intramolecular Hbond substituents is 1. The van der Waals surface area contributed by atoms with Crippen LogP contribution in [-0.4, -0.2) is 36.1 Å². The second-order valence-electron chi connectivity index (χ2n) is 4.83. The van der Waals surface area contributed by atoms with Crippen LogP contribution in [0.1, 0.15) is 30.9 Å². The molecule has 1 heterocycles. The van der Waals surface area contributed by atoms with Crippen molar-refractivity contribution in [3.8, 4) is 11.5 Å². The molecule has 5 heteroatoms. The van der Waals surface area contributed by atoms with Gasteiger partial charge in [-0.3, -0.25) is 9.69 Å². The molecule has 3 N–H and O–H groups in total. The Hall–Kier alpha value is -1.75. The van der Waals surface area contributed by atoms with Gasteiger partial charge in [0.25, 0.3) is 0 Å². The summed E-state index contributed by atoms with van der Waals surface area (Å²) in [7, 11) is 1.49. The fraction of sp³-hybridized carbons (Fsp3) is 0.500. The Morgan fingerprint density at radius 1 is 1.37 bits per heavy atom. The highest BCUT2D eigenvalue weighted by Crippen LogP contribution is 2.32. The van der Waals surface area contributed by atoms with Gasteiger partial charge in [-0.1, -0.05) is 12.5 Å². The number of ether oxygens (including phenoxy) is 1. The SMILES string of the molecule is COc1ccc(C(C(N)=O)N2CCCCC2)cc1O. The van der Waals surface area contributed by atoms with Crippen molar-refractivity contribution < 1.29 is 14.6 Å². The van der Waals surface area contributed by atoms with E-state index in [2.05, 4.69) is 4.90 Å². The zero-order valence-electron chi connectivity index (χ0n) is 11.1. The molecule has 1 amide bonds. The summed E-state index contributed by atoms with van der Waals surface area (Å²) >= 11 is 0. The van der Waals surface area contributed by atoms with Gasteiger partial charge in [0.2, 0.25) is 5.91 Å². The van der Waals surface area contributed by atoms with E-state index in [4.69, 9.17) is 10.5 Å². The number of amides is 1. The zero-order valence-corrected chi connectivity index (χ0v) is 11.1. The van der Waals surface area contributed by atoms with E-state index in [1.54, 1.807) is 18.2 Å². The Labute approximate surface area is 113 Å². The van der Waals surface area contributed by atoms with Crippen molar-refractivity contribution >= 4 is 5.91 Å². The fourth-order valence-corrected chi connectivity index (χ4v) is 2.61. The number of piperidine rings is 1. The molecule has 1 atom stereocenters. The third-order valence-electron chi connectivity index (χ3n) is 3.54. The number of phenols is 1. The summed E-state index contributed by atoms with van der Waals surface area (Å²) in [5.74, 6) is 0.0420. The molecule has 0 spiro atoms. The molecule has 0 radical (unpaired) electrons. The monoisotopic (exact) mass is 264 g/mol. The smallest absolute Gasteiger partial charge is 0.239 e. The van der Waals surface area contributed by atoms with Gasteiger partial charge in [-0.2, -0.15) is 0 Å². The fourth-order valence-electron chi connectivity index (χ4n) is 2.61. The van der Waals surface area contributed by atoms with Gasteiger partial charge in [0.05, 0.1) is 7.11 Å². The van der Waals surface area contributed by atoms with Crippen molar-refractivity contribution in [2.45, 2.75) is 25.3 Å². The molecular weight excluding hydrogens is 244 g/mol. The van der Waals surface area contributed by atoms with Crippen molar-refractivity contribution in [1.29, 1.82) is 0 Å². The summed E-state index contributed by atoms with van der Waals surface area (Å²) in [5, 5.41) is 9.82. The summed E-state index contributed by atoms with van der Waals surface area (Å²) in [5.41, 5.74) is 6.24. The van der Waals surface area contributed by atoms with Crippen molar-refractivity contribution in [3.63, 3.8) is 0 Å². The van der Waals surface area contributed by atoms with Crippen LogP contribution in [-0.2, 0) is 4.79 Å². The van der Waals surface area contributed by atoms with Crippen molar-refractivity contribution in [2.24, 2.45) is 5.73 Å². The molecule has 1 aliphatic rings. The lowest BCUT2D eigenvalue weighted by Gasteiger charge is -2.32. The molecule has 1 aromatic rings. The van der Waals surface area contributed by atoms with E-state index in [9.17, 15) is 9.90 Å². The molecule has 1 saturated heterocycles. The molecule has 0 saturated carbocycles. The lowest BCUT2D eigenvalue weighted by Crippen LogP contribution is -2.40. The predicted octanol–water partition coefficient (Wildman–Crippen LogP) is 1.41. The average molecular weight is 264 g/mol. The van der Waals surface area contributed by atoms with Gasteiger partial charge in [-0.15, -0.1) is 0 Å². The third kappa shape index (κ3) is 2.98. The lowest BCUT2D eigenvalue weighted by molar-refractivity contribution is -0.123. The second-order valence-corrected chi connectivity index (χ2v) is 4.83. The largest absolute Gasteiger partial charge is 0.504 e. The number of aromatic hydroxyl groups is 1. The Morgan fingerprint density at radius 3 is 2.58 bits per heavy atom. The summed E-state index contributed by atoms with van der Waals surface area (Å²) in [6, 6.07) is 4.52. The quantitative estimate of drug-likeness (QED) is 0.862. The molecular formula is C14H20N2O3. The Kier molecular flexibility index (Phi) is 4.27. The number of nitrogens with two attached hydrogens (primary N) is 1. The highest BCUT2D eigenvalue weighted by Gasteiger charge is 2.27. The van der Waals surface area contributed by atoms with Crippen LogP contribution < -0.4 is 10.5 Å². The van der Waals surface area contributed by atoms with Crippen LogP contribution in [0.4, 0.5) is 0 Å². The standard InChI is InChI=1S/C14H20N2O3/c1-19-12-6-5-10(9-11(12)17)13(14(15)18)16-7-3-2-4-8-16/h5-6,9,13,17H,2-4,7-8H2,1H3,(H2,15,18). The first-order valence-electron chi connectivity index (χ1n) is 6.53. The van der Waals surface area contributed by atoms with Gasteiger partial charge in [0.15, 0.2) is 11.5 Å². The first-order valence-corrected chi connectivity index (χ1v) is 6.53. The number of primary amides is 1. The van der Waals surface area contributed by atoms with Crippen LogP contribution in [0.5, 0.6) is 11.5 Å². The summed E-state index contributed by atoms with van der Waals surface area (Å²) in [6.07, 6.45) is 3.34. The summed E-state index contributed by atoms with van der Waals surface area (Å²) < 4.78 is 5.01. The van der Waals surface area contributed by atoms with E-state index >= 15 is 0 Å². The Bertz CT molecular complexity index is 456. The van der Waals surface area contributed by atoms with Gasteiger partial charge in [-0.25, -0.2) is 0 Å². The van der Waals surface area contributed by atoms with Gasteiger partial charge in [0.1, 0.15) is 6.04 Å². The number of hydrogen-bond donors (Lipinski definition) is 2. The Balaban J connectivity index is 2.28. The van der Waals surface area contributed by atoms with E-state index in [-0.39, 0.29) is 11.7 Å². The van der Waals surface area contributed by atoms with Crippen molar-refractivity contribution in [2.75, 3.05) is 20.2 Å². The number of rotatable bonds is 4. The maximum absolute atomic E-state index is 11.7. The predicted molar refractivity (Wildman–Crippen MR) is 72.0 cm³/mol. The molecule has 0 aliphatic carbocycles. The molecule has 5 nitrogen and oxygen atoms in total. The molecule has 1 aromatic carbocycles. The minimum atomic E-state index is -0.475. The molecule has 1 aliphatic heterocycles. The molecule has 19 heavy (non-hydrogen) atoms. The van der Waals surface area contributed by atoms with Crippen LogP contribution in [0.3, 0.4) is 0 Å². The maximum atomic E-state index is 11.7. The van der Waals surface area contributed by atoms with E-state index in [1.165, 1.54) is 13.5 Å². The molecule has 0 bridgehead atoms. The molecule has 1 fully saturated rings. The highest BCUT2D eigenvalue weighted by molar-refractivity contribution is 5.81. The van der Waals surface area contributed by atoms with Crippen LogP contribution in [0.15, 0.2) is 18.2 Å². The van der Waals surface area contributed by atoms with E-state index in [0.29, 0.717) is 11.3 Å². The number of hydrogen-bond acceptors (Lipinski definition) is 4. The van der Waals surface area contributed by atoms with Crippen LogP contribution in [0.25, 0.3) is 0 Å². The molecule has 0 aromatic heterocycles. The zero-order chi connectivity index (χ0) is 13.8. The summed E-state index contributed by atoms with van der Waals surface area (Å²) in [4.78, 5) is 13.8. The van der Waals surface area contributed by atoms with Crippen molar-refractivity contribution in [3.05, 3.63) is 23.8 Å². The average Bonchev–Trinajstić information content (AvgIpc) is 2.40. The van der Waals surface area contributed by atoms with E-state index in [1.807, 2.05) is 0 Å². The van der Waals surface area contributed by atoms with Crippen LogP contribution in [0.2, 0.25) is 0 Å². The number of benzene rings is 1. The number of likely N-dealkylation sites (tertiary alicyclic amines) is 1. The molecule has 104 valence electrons. The van der Waals surface area contributed by atoms with E-state index in [0.717, 1.165) is 25.9 Å². The number of carbonyl (C=O) groups is 1. The lowest BCUT2D eigenvalue weighted by atomic mass is 10.0. The van der Waals surface area contributed by atoms with Gasteiger partial charge >= 0.3 is 0 Å². The first-order chi connectivity index (χ1) is 9.13. The van der Waals surface area contributed by atoms with Gasteiger partial charge in [0, 0.05) is 0 Å². The van der Waals surface area contributed by atoms with Gasteiger partial charge in [-0.05, 0) is 43.6 Å². The number of carbonyl (C=O) groups excluding carboxylic acids is 1. The first kappa shape index (κ1) is 13.7.